The van der Waals surface area contributed by atoms with E-state index in [2.05, 4.69) is 39.1 Å². The topological polar surface area (TPSA) is 58.6 Å². The first kappa shape index (κ1) is 21.3. The lowest BCUT2D eigenvalue weighted by molar-refractivity contribution is -0.124. The van der Waals surface area contributed by atoms with Crippen LogP contribution in [0.3, 0.4) is 0 Å². The number of anilines is 1. The van der Waals surface area contributed by atoms with Crippen molar-refractivity contribution in [3.8, 4) is 0 Å². The second-order valence-corrected chi connectivity index (χ2v) is 10.4. The molecule has 0 aromatic carbocycles. The van der Waals surface area contributed by atoms with Gasteiger partial charge in [-0.1, -0.05) is 27.7 Å². The van der Waals surface area contributed by atoms with E-state index >= 15 is 0 Å². The highest BCUT2D eigenvalue weighted by Gasteiger charge is 2.37. The Balaban J connectivity index is 2.01. The highest BCUT2D eigenvalue weighted by molar-refractivity contribution is 7.14. The van der Waals surface area contributed by atoms with Gasteiger partial charge >= 0.3 is 5.97 Å². The van der Waals surface area contributed by atoms with Gasteiger partial charge in [0.2, 0.25) is 5.91 Å². The number of carbonyl (C=O) groups excluding carboxylic acids is 2. The number of esters is 1. The van der Waals surface area contributed by atoms with Crippen molar-refractivity contribution in [3.63, 3.8) is 0 Å². The molecule has 6 heteroatoms. The number of hydrogen-bond acceptors (Lipinski definition) is 5. The van der Waals surface area contributed by atoms with Crippen molar-refractivity contribution in [2.24, 2.45) is 11.8 Å². The highest BCUT2D eigenvalue weighted by Crippen LogP contribution is 2.40. The summed E-state index contributed by atoms with van der Waals surface area (Å²) in [5, 5.41) is 3.38. The molecule has 0 bridgehead atoms. The fourth-order valence-electron chi connectivity index (χ4n) is 4.23. The van der Waals surface area contributed by atoms with Gasteiger partial charge in [-0.05, 0) is 56.0 Å². The van der Waals surface area contributed by atoms with E-state index in [9.17, 15) is 9.59 Å². The average molecular weight is 407 g/mol. The largest absolute Gasteiger partial charge is 0.465 e. The minimum Gasteiger partial charge on any atom is -0.465 e. The van der Waals surface area contributed by atoms with Crippen LogP contribution >= 0.6 is 11.3 Å². The zero-order valence-electron chi connectivity index (χ0n) is 17.8. The van der Waals surface area contributed by atoms with Gasteiger partial charge in [-0.15, -0.1) is 11.3 Å². The molecule has 1 aromatic rings. The maximum atomic E-state index is 13.7. The fourth-order valence-corrected chi connectivity index (χ4v) is 5.35. The standard InChI is InChI=1S/C22H34N2O3S/c1-14-6-8-15(9-7-14)20(25)24(16-10-11-23-13-16)17-12-18(22(2,3)4)28-19(17)21(26)27-5/h12,14-16,23H,6-11,13H2,1-5H3/t14?,15?,16-/m0/s1. The van der Waals surface area contributed by atoms with Gasteiger partial charge in [0.15, 0.2) is 0 Å². The van der Waals surface area contributed by atoms with Gasteiger partial charge in [-0.2, -0.15) is 0 Å². The molecule has 0 unspecified atom stereocenters. The van der Waals surface area contributed by atoms with E-state index in [4.69, 9.17) is 4.74 Å². The van der Waals surface area contributed by atoms with Crippen molar-refractivity contribution < 1.29 is 14.3 Å². The summed E-state index contributed by atoms with van der Waals surface area (Å²) in [5.41, 5.74) is 0.660. The number of carbonyl (C=O) groups is 2. The van der Waals surface area contributed by atoms with Crippen molar-refractivity contribution in [2.75, 3.05) is 25.1 Å². The summed E-state index contributed by atoms with van der Waals surface area (Å²) < 4.78 is 5.07. The van der Waals surface area contributed by atoms with Crippen LogP contribution in [0, 0.1) is 11.8 Å². The van der Waals surface area contributed by atoms with E-state index in [1.54, 1.807) is 0 Å². The van der Waals surface area contributed by atoms with Crippen molar-refractivity contribution in [3.05, 3.63) is 15.8 Å². The quantitative estimate of drug-likeness (QED) is 0.755. The molecule has 1 saturated heterocycles. The van der Waals surface area contributed by atoms with Gasteiger partial charge in [-0.3, -0.25) is 4.79 Å². The molecule has 1 atom stereocenters. The van der Waals surface area contributed by atoms with Crippen LogP contribution in [0.25, 0.3) is 0 Å². The Morgan fingerprint density at radius 1 is 1.18 bits per heavy atom. The molecular formula is C22H34N2O3S. The van der Waals surface area contributed by atoms with Crippen molar-refractivity contribution in [1.29, 1.82) is 0 Å². The van der Waals surface area contributed by atoms with Gasteiger partial charge in [0.25, 0.3) is 0 Å². The Kier molecular flexibility index (Phi) is 6.50. The van der Waals surface area contributed by atoms with E-state index < -0.39 is 0 Å². The van der Waals surface area contributed by atoms with E-state index in [1.165, 1.54) is 18.4 Å². The predicted molar refractivity (Wildman–Crippen MR) is 114 cm³/mol. The molecule has 3 rings (SSSR count). The maximum absolute atomic E-state index is 13.7. The Morgan fingerprint density at radius 3 is 2.39 bits per heavy atom. The van der Waals surface area contributed by atoms with Gasteiger partial charge in [0.1, 0.15) is 4.88 Å². The Bertz CT molecular complexity index is 708. The van der Waals surface area contributed by atoms with E-state index in [0.29, 0.717) is 10.8 Å². The summed E-state index contributed by atoms with van der Waals surface area (Å²) in [7, 11) is 1.41. The summed E-state index contributed by atoms with van der Waals surface area (Å²) in [6.07, 6.45) is 5.01. The minimum absolute atomic E-state index is 0.0558. The summed E-state index contributed by atoms with van der Waals surface area (Å²) in [6, 6.07) is 2.15. The summed E-state index contributed by atoms with van der Waals surface area (Å²) in [4.78, 5) is 29.8. The van der Waals surface area contributed by atoms with Crippen LogP contribution in [0.5, 0.6) is 0 Å². The molecular weight excluding hydrogens is 372 g/mol. The van der Waals surface area contributed by atoms with E-state index in [0.717, 1.165) is 55.8 Å². The third-order valence-corrected chi connectivity index (χ3v) is 7.61. The molecule has 0 radical (unpaired) electrons. The number of thiophene rings is 1. The van der Waals surface area contributed by atoms with Crippen LogP contribution in [0.1, 0.15) is 74.3 Å². The van der Waals surface area contributed by atoms with Crippen LogP contribution in [0.2, 0.25) is 0 Å². The number of methoxy groups -OCH3 is 1. The molecule has 2 fully saturated rings. The number of amides is 1. The molecule has 1 aromatic heterocycles. The van der Waals surface area contributed by atoms with E-state index in [-0.39, 0.29) is 29.3 Å². The van der Waals surface area contributed by atoms with Crippen LogP contribution in [0.15, 0.2) is 6.07 Å². The van der Waals surface area contributed by atoms with Crippen LogP contribution < -0.4 is 10.2 Å². The molecule has 1 aliphatic heterocycles. The lowest BCUT2D eigenvalue weighted by Crippen LogP contribution is -2.46. The summed E-state index contributed by atoms with van der Waals surface area (Å²) in [6.45, 7) is 10.3. The van der Waals surface area contributed by atoms with Crippen molar-refractivity contribution in [2.45, 2.75) is 71.3 Å². The Labute approximate surface area is 172 Å². The first-order chi connectivity index (χ1) is 13.2. The average Bonchev–Trinajstić information content (AvgIpc) is 3.32. The highest BCUT2D eigenvalue weighted by atomic mass is 32.1. The molecule has 1 saturated carbocycles. The second-order valence-electron chi connectivity index (χ2n) is 9.38. The number of rotatable bonds is 4. The molecule has 1 aliphatic carbocycles. The van der Waals surface area contributed by atoms with Crippen LogP contribution in [0.4, 0.5) is 5.69 Å². The molecule has 2 heterocycles. The number of hydrogen-bond donors (Lipinski definition) is 1. The normalized spacial score (nSPS) is 25.5. The first-order valence-corrected chi connectivity index (χ1v) is 11.3. The molecule has 156 valence electrons. The van der Waals surface area contributed by atoms with E-state index in [1.807, 2.05) is 4.90 Å². The monoisotopic (exact) mass is 406 g/mol. The van der Waals surface area contributed by atoms with Crippen LogP contribution in [-0.2, 0) is 14.9 Å². The van der Waals surface area contributed by atoms with Crippen LogP contribution in [-0.4, -0.2) is 38.1 Å². The smallest absolute Gasteiger partial charge is 0.350 e. The number of nitrogens with zero attached hydrogens (tertiary/aromatic N) is 1. The zero-order valence-corrected chi connectivity index (χ0v) is 18.7. The lowest BCUT2D eigenvalue weighted by atomic mass is 9.82. The Morgan fingerprint density at radius 2 is 1.86 bits per heavy atom. The SMILES string of the molecule is COC(=O)c1sc(C(C)(C)C)cc1N(C(=O)C1CCC(C)CC1)[C@H]1CCNC1. The van der Waals surface area contributed by atoms with Gasteiger partial charge in [-0.25, -0.2) is 4.79 Å². The predicted octanol–water partition coefficient (Wildman–Crippen LogP) is 4.35. The van der Waals surface area contributed by atoms with Gasteiger partial charge in [0.05, 0.1) is 18.8 Å². The maximum Gasteiger partial charge on any atom is 0.350 e. The summed E-state index contributed by atoms with van der Waals surface area (Å²) >= 11 is 1.46. The lowest BCUT2D eigenvalue weighted by Gasteiger charge is -2.34. The third kappa shape index (κ3) is 4.43. The van der Waals surface area contributed by atoms with Crippen molar-refractivity contribution in [1.82, 2.24) is 5.32 Å². The fraction of sp³-hybridized carbons (Fsp3) is 0.727. The van der Waals surface area contributed by atoms with Gasteiger partial charge < -0.3 is 15.0 Å². The van der Waals surface area contributed by atoms with Gasteiger partial charge in [0, 0.05) is 17.3 Å². The second kappa shape index (κ2) is 8.54. The molecule has 2 aliphatic rings. The zero-order chi connectivity index (χ0) is 20.5. The number of ether oxygens (including phenoxy) is 1. The summed E-state index contributed by atoms with van der Waals surface area (Å²) in [5.74, 6) is 0.589. The van der Waals surface area contributed by atoms with Crippen molar-refractivity contribution >= 4 is 28.9 Å². The molecule has 1 N–H and O–H groups in total. The number of nitrogens with one attached hydrogen (secondary N) is 1. The third-order valence-electron chi connectivity index (χ3n) is 6.08. The molecule has 5 nitrogen and oxygen atoms in total. The minimum atomic E-state index is -0.350. The molecule has 0 spiro atoms. The molecule has 1 amide bonds. The first-order valence-electron chi connectivity index (χ1n) is 10.5. The molecule has 28 heavy (non-hydrogen) atoms. The Hall–Kier alpha value is -1.40.